The minimum atomic E-state index is -0.436. The molecule has 0 saturated carbocycles. The summed E-state index contributed by atoms with van der Waals surface area (Å²) in [4.78, 5) is 30.5. The number of nitro benzene ring substituents is 1. The second kappa shape index (κ2) is 9.26. The quantitative estimate of drug-likeness (QED) is 0.335. The molecule has 3 rings (SSSR count). The van der Waals surface area contributed by atoms with Crippen LogP contribution in [0.3, 0.4) is 0 Å². The van der Waals surface area contributed by atoms with E-state index < -0.39 is 4.92 Å². The second-order valence-electron chi connectivity index (χ2n) is 6.11. The minimum Gasteiger partial charge on any atom is -0.385 e. The molecule has 0 aliphatic rings. The Morgan fingerprint density at radius 1 is 1.18 bits per heavy atom. The summed E-state index contributed by atoms with van der Waals surface area (Å²) in [6.07, 6.45) is 7.95. The molecule has 0 aliphatic carbocycles. The lowest BCUT2D eigenvalue weighted by molar-refractivity contribution is -0.384. The van der Waals surface area contributed by atoms with Crippen molar-refractivity contribution in [3.8, 4) is 5.82 Å². The van der Waals surface area contributed by atoms with E-state index in [0.29, 0.717) is 25.9 Å². The molecule has 0 aliphatic heterocycles. The van der Waals surface area contributed by atoms with Gasteiger partial charge < -0.3 is 10.6 Å². The van der Waals surface area contributed by atoms with Crippen LogP contribution in [-0.2, 0) is 11.3 Å². The van der Waals surface area contributed by atoms with Crippen LogP contribution in [0.1, 0.15) is 18.4 Å². The molecule has 0 radical (unpaired) electrons. The Morgan fingerprint density at radius 3 is 2.64 bits per heavy atom. The molecule has 2 aromatic heterocycles. The van der Waals surface area contributed by atoms with Crippen LogP contribution in [-0.4, -0.2) is 31.9 Å². The van der Waals surface area contributed by atoms with Gasteiger partial charge in [-0.2, -0.15) is 0 Å². The van der Waals surface area contributed by atoms with E-state index in [2.05, 4.69) is 20.6 Å². The first-order valence-electron chi connectivity index (χ1n) is 8.80. The third kappa shape index (κ3) is 5.37. The lowest BCUT2D eigenvalue weighted by Gasteiger charge is -2.08. The van der Waals surface area contributed by atoms with Gasteiger partial charge in [-0.15, -0.1) is 0 Å². The summed E-state index contributed by atoms with van der Waals surface area (Å²) < 4.78 is 1.81. The van der Waals surface area contributed by atoms with Crippen molar-refractivity contribution >= 4 is 17.3 Å². The number of carbonyl (C=O) groups excluding carboxylic acids is 1. The number of benzene rings is 1. The Kier molecular flexibility index (Phi) is 6.29. The maximum absolute atomic E-state index is 12.0. The van der Waals surface area contributed by atoms with Gasteiger partial charge in [0.15, 0.2) is 0 Å². The smallest absolute Gasteiger partial charge is 0.269 e. The first-order valence-corrected chi connectivity index (χ1v) is 8.80. The summed E-state index contributed by atoms with van der Waals surface area (Å²) in [5.74, 6) is 0.731. The highest BCUT2D eigenvalue weighted by Crippen LogP contribution is 2.15. The summed E-state index contributed by atoms with van der Waals surface area (Å²) in [6.45, 7) is 1.03. The number of nitrogens with one attached hydrogen (secondary N) is 2. The molecule has 2 N–H and O–H groups in total. The highest BCUT2D eigenvalue weighted by molar-refractivity contribution is 5.75. The molecule has 3 aromatic rings. The van der Waals surface area contributed by atoms with E-state index in [9.17, 15) is 14.9 Å². The molecule has 1 amide bonds. The van der Waals surface area contributed by atoms with Crippen LogP contribution >= 0.6 is 0 Å². The van der Waals surface area contributed by atoms with E-state index in [4.69, 9.17) is 0 Å². The van der Waals surface area contributed by atoms with Crippen molar-refractivity contribution in [2.24, 2.45) is 0 Å². The van der Waals surface area contributed by atoms with Crippen molar-refractivity contribution in [3.05, 3.63) is 77.0 Å². The number of non-ortho nitro benzene ring substituents is 1. The molecule has 0 atom stereocenters. The van der Waals surface area contributed by atoms with E-state index in [1.54, 1.807) is 35.4 Å². The maximum Gasteiger partial charge on any atom is 0.269 e. The number of carbonyl (C=O) groups is 1. The van der Waals surface area contributed by atoms with Crippen LogP contribution in [0.5, 0.6) is 0 Å². The van der Waals surface area contributed by atoms with E-state index >= 15 is 0 Å². The summed E-state index contributed by atoms with van der Waals surface area (Å²) >= 11 is 0. The standard InChI is InChI=1S/C19H20N6O3/c26-19(2-1-9-21-16-4-6-17(7-5-16)25(27)28)23-13-15-3-8-18(22-12-15)24-11-10-20-14-24/h3-8,10-12,14,21H,1-2,9,13H2,(H,23,26). The Balaban J connectivity index is 1.35. The van der Waals surface area contributed by atoms with E-state index in [-0.39, 0.29) is 11.6 Å². The van der Waals surface area contributed by atoms with Crippen LogP contribution in [0, 0.1) is 10.1 Å². The fourth-order valence-corrected chi connectivity index (χ4v) is 2.54. The minimum absolute atomic E-state index is 0.0378. The maximum atomic E-state index is 12.0. The number of anilines is 1. The van der Waals surface area contributed by atoms with E-state index in [0.717, 1.165) is 17.1 Å². The predicted molar refractivity (Wildman–Crippen MR) is 104 cm³/mol. The fourth-order valence-electron chi connectivity index (χ4n) is 2.54. The molecule has 0 bridgehead atoms. The Bertz CT molecular complexity index is 908. The number of nitro groups is 1. The zero-order valence-electron chi connectivity index (χ0n) is 15.1. The summed E-state index contributed by atoms with van der Waals surface area (Å²) in [5, 5.41) is 16.6. The van der Waals surface area contributed by atoms with Gasteiger partial charge in [0, 0.05) is 55.9 Å². The normalized spacial score (nSPS) is 10.4. The van der Waals surface area contributed by atoms with Gasteiger partial charge in [-0.25, -0.2) is 9.97 Å². The zero-order valence-corrected chi connectivity index (χ0v) is 15.1. The van der Waals surface area contributed by atoms with Crippen LogP contribution in [0.2, 0.25) is 0 Å². The summed E-state index contributed by atoms with van der Waals surface area (Å²) in [6, 6.07) is 9.98. The second-order valence-corrected chi connectivity index (χ2v) is 6.11. The van der Waals surface area contributed by atoms with Gasteiger partial charge in [0.25, 0.3) is 5.69 Å². The number of imidazole rings is 1. The van der Waals surface area contributed by atoms with Gasteiger partial charge in [0.2, 0.25) is 5.91 Å². The molecule has 0 saturated heterocycles. The molecule has 144 valence electrons. The molecule has 28 heavy (non-hydrogen) atoms. The van der Waals surface area contributed by atoms with Gasteiger partial charge in [-0.1, -0.05) is 6.07 Å². The van der Waals surface area contributed by atoms with Gasteiger partial charge in [0.05, 0.1) is 4.92 Å². The summed E-state index contributed by atoms with van der Waals surface area (Å²) in [7, 11) is 0. The largest absolute Gasteiger partial charge is 0.385 e. The molecule has 2 heterocycles. The highest BCUT2D eigenvalue weighted by atomic mass is 16.6. The highest BCUT2D eigenvalue weighted by Gasteiger charge is 2.05. The van der Waals surface area contributed by atoms with Crippen molar-refractivity contribution in [2.75, 3.05) is 11.9 Å². The van der Waals surface area contributed by atoms with E-state index in [1.807, 2.05) is 18.3 Å². The van der Waals surface area contributed by atoms with Crippen molar-refractivity contribution in [3.63, 3.8) is 0 Å². The van der Waals surface area contributed by atoms with Crippen molar-refractivity contribution in [2.45, 2.75) is 19.4 Å². The molecular formula is C19H20N6O3. The molecule has 0 fully saturated rings. The van der Waals surface area contributed by atoms with Crippen LogP contribution in [0.25, 0.3) is 5.82 Å². The average molecular weight is 380 g/mol. The number of amides is 1. The third-order valence-electron chi connectivity index (χ3n) is 4.06. The first-order chi connectivity index (χ1) is 13.6. The summed E-state index contributed by atoms with van der Waals surface area (Å²) in [5.41, 5.74) is 1.76. The monoisotopic (exact) mass is 380 g/mol. The first kappa shape index (κ1) is 19.0. The van der Waals surface area contributed by atoms with E-state index in [1.165, 1.54) is 12.1 Å². The third-order valence-corrected chi connectivity index (χ3v) is 4.06. The van der Waals surface area contributed by atoms with Crippen molar-refractivity contribution in [1.29, 1.82) is 0 Å². The Labute approximate surface area is 161 Å². The number of aromatic nitrogens is 3. The van der Waals surface area contributed by atoms with Crippen LogP contribution in [0.4, 0.5) is 11.4 Å². The van der Waals surface area contributed by atoms with Crippen molar-refractivity contribution < 1.29 is 9.72 Å². The number of rotatable bonds is 9. The van der Waals surface area contributed by atoms with Crippen molar-refractivity contribution in [1.82, 2.24) is 19.9 Å². The molecule has 9 heteroatoms. The predicted octanol–water partition coefficient (Wildman–Crippen LogP) is 2.68. The van der Waals surface area contributed by atoms with Crippen LogP contribution < -0.4 is 10.6 Å². The van der Waals surface area contributed by atoms with Gasteiger partial charge in [-0.3, -0.25) is 19.5 Å². The molecule has 1 aromatic carbocycles. The number of hydrogen-bond donors (Lipinski definition) is 2. The number of hydrogen-bond acceptors (Lipinski definition) is 6. The number of pyridine rings is 1. The molecule has 0 unspecified atom stereocenters. The Morgan fingerprint density at radius 2 is 2.00 bits per heavy atom. The lowest BCUT2D eigenvalue weighted by Crippen LogP contribution is -2.23. The molecule has 9 nitrogen and oxygen atoms in total. The zero-order chi connectivity index (χ0) is 19.8. The molecule has 0 spiro atoms. The SMILES string of the molecule is O=C(CCCNc1ccc([N+](=O)[O-])cc1)NCc1ccc(-n2ccnc2)nc1. The molecular weight excluding hydrogens is 360 g/mol. The fraction of sp³-hybridized carbons (Fsp3) is 0.211. The lowest BCUT2D eigenvalue weighted by atomic mass is 10.2. The van der Waals surface area contributed by atoms with Crippen LogP contribution in [0.15, 0.2) is 61.3 Å². The Hall–Kier alpha value is -3.75. The van der Waals surface area contributed by atoms with Gasteiger partial charge >= 0.3 is 0 Å². The number of nitrogens with zero attached hydrogens (tertiary/aromatic N) is 4. The average Bonchev–Trinajstić information content (AvgIpc) is 3.25. The topological polar surface area (TPSA) is 115 Å². The van der Waals surface area contributed by atoms with Gasteiger partial charge in [0.1, 0.15) is 12.1 Å². The van der Waals surface area contributed by atoms with Gasteiger partial charge in [-0.05, 0) is 30.2 Å².